The van der Waals surface area contributed by atoms with Gasteiger partial charge in [-0.25, -0.2) is 4.79 Å². The first-order chi connectivity index (χ1) is 9.05. The quantitative estimate of drug-likeness (QED) is 0.618. The van der Waals surface area contributed by atoms with Gasteiger partial charge >= 0.3 is 0 Å². The van der Waals surface area contributed by atoms with Crippen molar-refractivity contribution in [3.05, 3.63) is 27.8 Å². The van der Waals surface area contributed by atoms with E-state index in [1.54, 1.807) is 13.2 Å². The zero-order valence-corrected chi connectivity index (χ0v) is 12.3. The molecule has 0 heterocycles. The SMILES string of the molecule is COc1c(C)cc(Cl)c(C2(N=C=O)CCCC2)c1C. The molecule has 1 aliphatic rings. The molecule has 0 saturated heterocycles. The van der Waals surface area contributed by atoms with Crippen LogP contribution in [0.4, 0.5) is 0 Å². The maximum atomic E-state index is 10.8. The van der Waals surface area contributed by atoms with Crippen LogP contribution >= 0.6 is 11.6 Å². The lowest BCUT2D eigenvalue weighted by molar-refractivity contribution is 0.401. The molecule has 2 rings (SSSR count). The summed E-state index contributed by atoms with van der Waals surface area (Å²) in [5.41, 5.74) is 2.40. The number of isocyanates is 1. The van der Waals surface area contributed by atoms with Gasteiger partial charge in [0.05, 0.1) is 7.11 Å². The molecule has 4 heteroatoms. The highest BCUT2D eigenvalue weighted by Crippen LogP contribution is 2.48. The number of benzene rings is 1. The van der Waals surface area contributed by atoms with Crippen molar-refractivity contribution in [1.29, 1.82) is 0 Å². The highest BCUT2D eigenvalue weighted by Gasteiger charge is 2.39. The van der Waals surface area contributed by atoms with Crippen LogP contribution in [0.5, 0.6) is 5.75 Å². The summed E-state index contributed by atoms with van der Waals surface area (Å²) in [6.07, 6.45) is 5.52. The zero-order chi connectivity index (χ0) is 14.0. The van der Waals surface area contributed by atoms with Gasteiger partial charge in [0, 0.05) is 10.6 Å². The average molecular weight is 280 g/mol. The Labute approximate surface area is 118 Å². The number of rotatable bonds is 3. The summed E-state index contributed by atoms with van der Waals surface area (Å²) in [6.45, 7) is 3.94. The lowest BCUT2D eigenvalue weighted by Gasteiger charge is -2.27. The Morgan fingerprint density at radius 1 is 1.37 bits per heavy atom. The molecule has 0 atom stereocenters. The van der Waals surface area contributed by atoms with Crippen LogP contribution in [-0.2, 0) is 10.3 Å². The Hall–Kier alpha value is -1.31. The van der Waals surface area contributed by atoms with Crippen LogP contribution in [-0.4, -0.2) is 13.2 Å². The van der Waals surface area contributed by atoms with Crippen LogP contribution in [0, 0.1) is 13.8 Å². The fraction of sp³-hybridized carbons (Fsp3) is 0.533. The number of nitrogens with zero attached hydrogens (tertiary/aromatic N) is 1. The molecule has 3 nitrogen and oxygen atoms in total. The second kappa shape index (κ2) is 5.36. The zero-order valence-electron chi connectivity index (χ0n) is 11.5. The minimum absolute atomic E-state index is 0.510. The predicted molar refractivity (Wildman–Crippen MR) is 75.7 cm³/mol. The van der Waals surface area contributed by atoms with Gasteiger partial charge in [-0.3, -0.25) is 0 Å². The summed E-state index contributed by atoms with van der Waals surface area (Å²) in [5.74, 6) is 0.826. The highest BCUT2D eigenvalue weighted by atomic mass is 35.5. The molecule has 1 aromatic rings. The van der Waals surface area contributed by atoms with Gasteiger partial charge in [-0.2, -0.15) is 4.99 Å². The molecule has 0 unspecified atom stereocenters. The minimum Gasteiger partial charge on any atom is -0.496 e. The first kappa shape index (κ1) is 14.1. The number of hydrogen-bond acceptors (Lipinski definition) is 3. The molecule has 1 saturated carbocycles. The predicted octanol–water partition coefficient (Wildman–Crippen LogP) is 4.07. The number of aliphatic imine (C=N–C) groups is 1. The Bertz CT molecular complexity index is 542. The van der Waals surface area contributed by atoms with Crippen LogP contribution in [0.25, 0.3) is 0 Å². The number of ether oxygens (including phenoxy) is 1. The lowest BCUT2D eigenvalue weighted by Crippen LogP contribution is -2.21. The van der Waals surface area contributed by atoms with E-state index in [1.165, 1.54) is 0 Å². The van der Waals surface area contributed by atoms with E-state index in [9.17, 15) is 4.79 Å². The summed E-state index contributed by atoms with van der Waals surface area (Å²) in [4.78, 5) is 14.9. The topological polar surface area (TPSA) is 38.7 Å². The van der Waals surface area contributed by atoms with Crippen LogP contribution in [0.15, 0.2) is 11.1 Å². The monoisotopic (exact) mass is 279 g/mol. The largest absolute Gasteiger partial charge is 0.496 e. The Balaban J connectivity index is 2.70. The maximum absolute atomic E-state index is 10.8. The summed E-state index contributed by atoms with van der Waals surface area (Å²) >= 11 is 6.42. The van der Waals surface area contributed by atoms with Crippen molar-refractivity contribution in [2.45, 2.75) is 45.1 Å². The number of carbonyl (C=O) groups excluding carboxylic acids is 1. The molecule has 1 fully saturated rings. The smallest absolute Gasteiger partial charge is 0.235 e. The Kier molecular flexibility index (Phi) is 3.98. The van der Waals surface area contributed by atoms with E-state index in [4.69, 9.17) is 16.3 Å². The van der Waals surface area contributed by atoms with Gasteiger partial charge in [0.1, 0.15) is 11.3 Å². The van der Waals surface area contributed by atoms with E-state index >= 15 is 0 Å². The molecule has 0 radical (unpaired) electrons. The van der Waals surface area contributed by atoms with Crippen molar-refractivity contribution in [3.8, 4) is 5.75 Å². The van der Waals surface area contributed by atoms with Gasteiger partial charge in [-0.1, -0.05) is 24.4 Å². The molecule has 0 aliphatic heterocycles. The summed E-state index contributed by atoms with van der Waals surface area (Å²) in [6, 6.07) is 1.89. The minimum atomic E-state index is -0.510. The maximum Gasteiger partial charge on any atom is 0.235 e. The third kappa shape index (κ3) is 2.29. The standard InChI is InChI=1S/C15H18ClNO2/c1-10-8-12(16)13(11(2)14(10)19-3)15(17-9-18)6-4-5-7-15/h8H,4-7H2,1-3H3. The summed E-state index contributed by atoms with van der Waals surface area (Å²) in [5, 5.41) is 0.664. The van der Waals surface area contributed by atoms with E-state index in [2.05, 4.69) is 4.99 Å². The summed E-state index contributed by atoms with van der Waals surface area (Å²) in [7, 11) is 1.65. The number of aryl methyl sites for hydroxylation is 1. The molecule has 0 spiro atoms. The third-order valence-electron chi connectivity index (χ3n) is 4.02. The van der Waals surface area contributed by atoms with Crippen LogP contribution in [0.2, 0.25) is 5.02 Å². The highest BCUT2D eigenvalue weighted by molar-refractivity contribution is 6.31. The third-order valence-corrected chi connectivity index (χ3v) is 4.31. The van der Waals surface area contributed by atoms with E-state index in [0.29, 0.717) is 5.02 Å². The van der Waals surface area contributed by atoms with Crippen molar-refractivity contribution in [1.82, 2.24) is 0 Å². The Morgan fingerprint density at radius 3 is 2.53 bits per heavy atom. The summed E-state index contributed by atoms with van der Waals surface area (Å²) < 4.78 is 5.46. The van der Waals surface area contributed by atoms with E-state index < -0.39 is 5.54 Å². The number of hydrogen-bond donors (Lipinski definition) is 0. The van der Waals surface area contributed by atoms with Gasteiger partial charge in [0.25, 0.3) is 0 Å². The molecular weight excluding hydrogens is 262 g/mol. The number of methoxy groups -OCH3 is 1. The van der Waals surface area contributed by atoms with Crippen molar-refractivity contribution < 1.29 is 9.53 Å². The fourth-order valence-electron chi connectivity index (χ4n) is 3.27. The second-order valence-corrected chi connectivity index (χ2v) is 5.56. The van der Waals surface area contributed by atoms with Crippen LogP contribution < -0.4 is 4.74 Å². The van der Waals surface area contributed by atoms with Crippen molar-refractivity contribution in [3.63, 3.8) is 0 Å². The number of halogens is 1. The van der Waals surface area contributed by atoms with E-state index in [-0.39, 0.29) is 0 Å². The molecule has 0 bridgehead atoms. The second-order valence-electron chi connectivity index (χ2n) is 5.15. The molecule has 0 amide bonds. The van der Waals surface area contributed by atoms with Gasteiger partial charge < -0.3 is 4.74 Å². The van der Waals surface area contributed by atoms with Crippen molar-refractivity contribution in [2.24, 2.45) is 4.99 Å². The van der Waals surface area contributed by atoms with E-state index in [1.807, 2.05) is 19.9 Å². The van der Waals surface area contributed by atoms with Gasteiger partial charge in [0.2, 0.25) is 6.08 Å². The molecular formula is C15H18ClNO2. The first-order valence-corrected chi connectivity index (χ1v) is 6.87. The molecule has 1 aliphatic carbocycles. The first-order valence-electron chi connectivity index (χ1n) is 6.49. The molecule has 0 aromatic heterocycles. The van der Waals surface area contributed by atoms with Crippen molar-refractivity contribution >= 4 is 17.7 Å². The van der Waals surface area contributed by atoms with Crippen molar-refractivity contribution in [2.75, 3.05) is 7.11 Å². The van der Waals surface area contributed by atoms with Gasteiger partial charge in [-0.15, -0.1) is 0 Å². The molecule has 19 heavy (non-hydrogen) atoms. The van der Waals surface area contributed by atoms with Crippen LogP contribution in [0.1, 0.15) is 42.4 Å². The van der Waals surface area contributed by atoms with Gasteiger partial charge in [-0.05, 0) is 43.9 Å². The van der Waals surface area contributed by atoms with Gasteiger partial charge in [0.15, 0.2) is 0 Å². The average Bonchev–Trinajstić information content (AvgIpc) is 2.78. The van der Waals surface area contributed by atoms with Crippen LogP contribution in [0.3, 0.4) is 0 Å². The lowest BCUT2D eigenvalue weighted by atomic mass is 9.84. The molecule has 1 aromatic carbocycles. The Morgan fingerprint density at radius 2 is 2.00 bits per heavy atom. The molecule has 102 valence electrons. The fourth-order valence-corrected chi connectivity index (χ4v) is 3.75. The molecule has 0 N–H and O–H groups in total. The normalized spacial score (nSPS) is 17.1. The van der Waals surface area contributed by atoms with E-state index in [0.717, 1.165) is 48.1 Å².